The van der Waals surface area contributed by atoms with Crippen molar-refractivity contribution in [1.29, 1.82) is 0 Å². The van der Waals surface area contributed by atoms with Crippen molar-refractivity contribution in [2.75, 3.05) is 18.5 Å². The molecule has 1 saturated carbocycles. The number of hydrogen-bond acceptors (Lipinski definition) is 7. The molecular formula is C21H23ClN4O4S2. The van der Waals surface area contributed by atoms with Gasteiger partial charge in [0.1, 0.15) is 10.4 Å². The molecule has 11 heteroatoms. The summed E-state index contributed by atoms with van der Waals surface area (Å²) in [6, 6.07) is 4.51. The molecule has 0 radical (unpaired) electrons. The average molecular weight is 495 g/mol. The van der Waals surface area contributed by atoms with Gasteiger partial charge in [-0.25, -0.2) is 13.4 Å². The van der Waals surface area contributed by atoms with Gasteiger partial charge < -0.3 is 10.1 Å². The Labute approximate surface area is 194 Å². The Balaban J connectivity index is 1.50. The molecule has 1 atom stereocenters. The number of fused-ring (bicyclic) bond motifs is 1. The molecule has 1 saturated heterocycles. The standard InChI is InChI=1S/C21H23ClN4O4S2/c22-19-11-23-21(31-19)24-20(27)17(10-13-6-8-30-9-7-13)26-12-15-16(25-26)2-1-3-18(15)32(28,29)14-4-5-14/h1-3,11-14,17H,4-10H2,(H,23,24,27). The Hall–Kier alpha value is -2.01. The van der Waals surface area contributed by atoms with Gasteiger partial charge in [0.05, 0.1) is 21.9 Å². The third-order valence-corrected chi connectivity index (χ3v) is 9.37. The van der Waals surface area contributed by atoms with Crippen LogP contribution in [0.5, 0.6) is 0 Å². The maximum Gasteiger partial charge on any atom is 0.251 e. The molecule has 1 aromatic carbocycles. The van der Waals surface area contributed by atoms with Crippen molar-refractivity contribution in [3.05, 3.63) is 34.9 Å². The Bertz CT molecular complexity index is 1250. The largest absolute Gasteiger partial charge is 0.381 e. The van der Waals surface area contributed by atoms with Gasteiger partial charge >= 0.3 is 0 Å². The number of carbonyl (C=O) groups excluding carboxylic acids is 1. The van der Waals surface area contributed by atoms with Gasteiger partial charge in [-0.2, -0.15) is 5.10 Å². The summed E-state index contributed by atoms with van der Waals surface area (Å²) < 4.78 is 33.4. The van der Waals surface area contributed by atoms with Crippen molar-refractivity contribution in [2.45, 2.75) is 48.3 Å². The number of carbonyl (C=O) groups is 1. The van der Waals surface area contributed by atoms with Gasteiger partial charge in [0, 0.05) is 24.8 Å². The van der Waals surface area contributed by atoms with Gasteiger partial charge in [-0.05, 0) is 50.2 Å². The minimum Gasteiger partial charge on any atom is -0.381 e. The summed E-state index contributed by atoms with van der Waals surface area (Å²) in [6.07, 6.45) is 6.89. The topological polar surface area (TPSA) is 103 Å². The first-order valence-corrected chi connectivity index (χ1v) is 13.4. The lowest BCUT2D eigenvalue weighted by molar-refractivity contribution is -0.120. The van der Waals surface area contributed by atoms with Crippen molar-refractivity contribution in [2.24, 2.45) is 5.92 Å². The minimum atomic E-state index is -3.39. The highest BCUT2D eigenvalue weighted by Crippen LogP contribution is 2.37. The molecule has 1 N–H and O–H groups in total. The molecule has 2 aliphatic rings. The van der Waals surface area contributed by atoms with Crippen molar-refractivity contribution in [3.63, 3.8) is 0 Å². The maximum absolute atomic E-state index is 13.3. The summed E-state index contributed by atoms with van der Waals surface area (Å²) in [4.78, 5) is 17.7. The van der Waals surface area contributed by atoms with Crippen LogP contribution in [0, 0.1) is 5.92 Å². The number of nitrogens with one attached hydrogen (secondary N) is 1. The van der Waals surface area contributed by atoms with E-state index in [2.05, 4.69) is 15.4 Å². The average Bonchev–Trinajstić information content (AvgIpc) is 3.44. The van der Waals surface area contributed by atoms with Crippen molar-refractivity contribution in [1.82, 2.24) is 14.8 Å². The van der Waals surface area contributed by atoms with Gasteiger partial charge in [0.15, 0.2) is 15.0 Å². The molecule has 1 amide bonds. The van der Waals surface area contributed by atoms with Crippen LogP contribution in [-0.4, -0.2) is 47.6 Å². The van der Waals surface area contributed by atoms with E-state index in [4.69, 9.17) is 16.3 Å². The number of thiazole rings is 1. The molecule has 1 unspecified atom stereocenters. The van der Waals surface area contributed by atoms with Crippen LogP contribution in [0.2, 0.25) is 4.34 Å². The summed E-state index contributed by atoms with van der Waals surface area (Å²) in [5.41, 5.74) is 0.564. The van der Waals surface area contributed by atoms with Crippen LogP contribution in [0.4, 0.5) is 5.13 Å². The van der Waals surface area contributed by atoms with E-state index in [0.29, 0.717) is 63.7 Å². The molecule has 1 aliphatic carbocycles. The number of benzene rings is 1. The molecule has 1 aliphatic heterocycles. The van der Waals surface area contributed by atoms with Crippen LogP contribution in [0.15, 0.2) is 35.5 Å². The second-order valence-electron chi connectivity index (χ2n) is 8.31. The number of rotatable bonds is 7. The molecule has 0 spiro atoms. The number of ether oxygens (including phenoxy) is 1. The smallest absolute Gasteiger partial charge is 0.251 e. The molecule has 2 fully saturated rings. The highest BCUT2D eigenvalue weighted by Gasteiger charge is 2.38. The van der Waals surface area contributed by atoms with E-state index < -0.39 is 15.9 Å². The number of aromatic nitrogens is 3. The van der Waals surface area contributed by atoms with Gasteiger partial charge in [0.25, 0.3) is 5.91 Å². The second-order valence-corrected chi connectivity index (χ2v) is 12.2. The molecule has 3 aromatic rings. The summed E-state index contributed by atoms with van der Waals surface area (Å²) in [5, 5.41) is 8.13. The molecule has 5 rings (SSSR count). The Morgan fingerprint density at radius 3 is 2.75 bits per heavy atom. The number of nitrogens with zero attached hydrogens (tertiary/aromatic N) is 3. The number of amides is 1. The third kappa shape index (κ3) is 4.41. The molecule has 2 aromatic heterocycles. The van der Waals surface area contributed by atoms with Crippen molar-refractivity contribution in [3.8, 4) is 0 Å². The minimum absolute atomic E-state index is 0.248. The van der Waals surface area contributed by atoms with E-state index in [1.807, 2.05) is 0 Å². The van der Waals surface area contributed by atoms with Gasteiger partial charge in [-0.3, -0.25) is 9.48 Å². The van der Waals surface area contributed by atoms with E-state index in [1.165, 1.54) is 17.5 Å². The van der Waals surface area contributed by atoms with Crippen molar-refractivity contribution >= 4 is 54.7 Å². The normalized spacial score (nSPS) is 18.7. The fourth-order valence-corrected chi connectivity index (χ4v) is 6.80. The lowest BCUT2D eigenvalue weighted by atomic mass is 9.92. The van der Waals surface area contributed by atoms with Gasteiger partial charge in [-0.1, -0.05) is 29.0 Å². The summed E-state index contributed by atoms with van der Waals surface area (Å²) >= 11 is 7.15. The number of hydrogen-bond donors (Lipinski definition) is 1. The molecule has 170 valence electrons. The van der Waals surface area contributed by atoms with Crippen LogP contribution in [-0.2, 0) is 19.4 Å². The zero-order chi connectivity index (χ0) is 22.3. The molecule has 32 heavy (non-hydrogen) atoms. The fourth-order valence-electron chi connectivity index (χ4n) is 4.13. The first-order valence-electron chi connectivity index (χ1n) is 10.6. The summed E-state index contributed by atoms with van der Waals surface area (Å²) in [7, 11) is -3.39. The monoisotopic (exact) mass is 494 g/mol. The van der Waals surface area contributed by atoms with Crippen LogP contribution < -0.4 is 5.32 Å². The fraction of sp³-hybridized carbons (Fsp3) is 0.476. The highest BCUT2D eigenvalue weighted by molar-refractivity contribution is 7.92. The van der Waals surface area contributed by atoms with Crippen molar-refractivity contribution < 1.29 is 17.9 Å². The summed E-state index contributed by atoms with van der Waals surface area (Å²) in [5.74, 6) is 0.0586. The predicted octanol–water partition coefficient (Wildman–Crippen LogP) is 4.08. The zero-order valence-corrected chi connectivity index (χ0v) is 19.6. The SMILES string of the molecule is O=C(Nc1ncc(Cl)s1)C(CC1CCOCC1)n1cc2c(S(=O)(=O)C3CC3)cccc2n1. The van der Waals surface area contributed by atoms with Crippen LogP contribution >= 0.6 is 22.9 Å². The zero-order valence-electron chi connectivity index (χ0n) is 17.2. The Kier molecular flexibility index (Phi) is 5.96. The van der Waals surface area contributed by atoms with E-state index in [-0.39, 0.29) is 11.2 Å². The highest BCUT2D eigenvalue weighted by atomic mass is 35.5. The lowest BCUT2D eigenvalue weighted by Crippen LogP contribution is -2.30. The van der Waals surface area contributed by atoms with E-state index in [0.717, 1.165) is 12.8 Å². The van der Waals surface area contributed by atoms with E-state index in [1.54, 1.807) is 29.1 Å². The summed E-state index contributed by atoms with van der Waals surface area (Å²) in [6.45, 7) is 1.35. The van der Waals surface area contributed by atoms with Gasteiger partial charge in [-0.15, -0.1) is 0 Å². The lowest BCUT2D eigenvalue weighted by Gasteiger charge is -2.26. The maximum atomic E-state index is 13.3. The Morgan fingerprint density at radius 2 is 2.06 bits per heavy atom. The third-order valence-electron chi connectivity index (χ3n) is 6.02. The first-order chi connectivity index (χ1) is 15.4. The molecular weight excluding hydrogens is 472 g/mol. The van der Waals surface area contributed by atoms with E-state index in [9.17, 15) is 13.2 Å². The number of halogens is 1. The molecule has 0 bridgehead atoms. The first kappa shape index (κ1) is 21.8. The number of anilines is 1. The quantitative estimate of drug-likeness (QED) is 0.530. The van der Waals surface area contributed by atoms with Gasteiger partial charge in [0.2, 0.25) is 0 Å². The van der Waals surface area contributed by atoms with Crippen LogP contribution in [0.1, 0.15) is 38.1 Å². The molecule has 3 heterocycles. The van der Waals surface area contributed by atoms with Crippen LogP contribution in [0.25, 0.3) is 10.9 Å². The van der Waals surface area contributed by atoms with E-state index >= 15 is 0 Å². The Morgan fingerprint density at radius 1 is 1.28 bits per heavy atom. The second kappa shape index (κ2) is 8.74. The molecule has 8 nitrogen and oxygen atoms in total. The predicted molar refractivity (Wildman–Crippen MR) is 123 cm³/mol. The number of sulfone groups is 1. The van der Waals surface area contributed by atoms with Crippen LogP contribution in [0.3, 0.4) is 0 Å².